The van der Waals surface area contributed by atoms with Crippen molar-refractivity contribution in [1.29, 1.82) is 0 Å². The van der Waals surface area contributed by atoms with Gasteiger partial charge in [-0.1, -0.05) is 6.07 Å². The first-order chi connectivity index (χ1) is 19.5. The van der Waals surface area contributed by atoms with Gasteiger partial charge in [0.2, 0.25) is 18.0 Å². The molecule has 3 aliphatic heterocycles. The van der Waals surface area contributed by atoms with Crippen molar-refractivity contribution in [3.05, 3.63) is 63.1 Å². The number of ether oxygens (including phenoxy) is 3. The van der Waals surface area contributed by atoms with Crippen molar-refractivity contribution < 1.29 is 47.3 Å². The summed E-state index contributed by atoms with van der Waals surface area (Å²) in [6.07, 6.45) is -0.0850. The Kier molecular flexibility index (Phi) is 7.62. The van der Waals surface area contributed by atoms with E-state index >= 15 is 0 Å². The van der Waals surface area contributed by atoms with Crippen LogP contribution < -0.4 is 15.5 Å². The van der Waals surface area contributed by atoms with Crippen LogP contribution in [0.5, 0.6) is 5.75 Å². The molecule has 15 heteroatoms. The van der Waals surface area contributed by atoms with Gasteiger partial charge in [0, 0.05) is 43.5 Å². The molecule has 13 nitrogen and oxygen atoms in total. The van der Waals surface area contributed by atoms with Gasteiger partial charge in [-0.15, -0.1) is 0 Å². The van der Waals surface area contributed by atoms with E-state index in [2.05, 4.69) is 15.0 Å². The summed E-state index contributed by atoms with van der Waals surface area (Å²) in [5.41, 5.74) is -1.58. The number of amides is 2. The average Bonchev–Trinajstić information content (AvgIpc) is 3.51. The first kappa shape index (κ1) is 28.0. The lowest BCUT2D eigenvalue weighted by Gasteiger charge is -2.36. The summed E-state index contributed by atoms with van der Waals surface area (Å²) in [4.78, 5) is 66.6. The Morgan fingerprint density at radius 3 is 2.71 bits per heavy atom. The van der Waals surface area contributed by atoms with Gasteiger partial charge >= 0.3 is 12.1 Å². The zero-order valence-corrected chi connectivity index (χ0v) is 21.8. The van der Waals surface area contributed by atoms with Crippen molar-refractivity contribution in [2.75, 3.05) is 19.9 Å². The van der Waals surface area contributed by atoms with Crippen LogP contribution in [0.3, 0.4) is 0 Å². The number of rotatable bonds is 8. The number of aliphatic carboxylic acids is 1. The number of benzene rings is 1. The highest BCUT2D eigenvalue weighted by Crippen LogP contribution is 2.35. The van der Waals surface area contributed by atoms with Crippen molar-refractivity contribution in [3.8, 4) is 5.75 Å². The quantitative estimate of drug-likeness (QED) is 0.347. The molecule has 5 rings (SSSR count). The van der Waals surface area contributed by atoms with Crippen molar-refractivity contribution in [3.63, 3.8) is 0 Å². The van der Waals surface area contributed by atoms with E-state index in [4.69, 9.17) is 14.6 Å². The molecule has 3 atom stereocenters. The van der Waals surface area contributed by atoms with E-state index < -0.39 is 65.2 Å². The summed E-state index contributed by atoms with van der Waals surface area (Å²) in [6, 6.07) is 3.00. The van der Waals surface area contributed by atoms with Crippen LogP contribution in [0.1, 0.15) is 46.2 Å². The molecule has 3 aliphatic rings. The highest BCUT2D eigenvalue weighted by molar-refractivity contribution is 5.99. The third kappa shape index (κ3) is 5.44. The maximum absolute atomic E-state index is 14.1. The van der Waals surface area contributed by atoms with Gasteiger partial charge in [-0.05, 0) is 25.8 Å². The van der Waals surface area contributed by atoms with Crippen LogP contribution in [0, 0.1) is 11.6 Å². The van der Waals surface area contributed by atoms with Crippen LogP contribution >= 0.6 is 0 Å². The molecule has 4 heterocycles. The molecule has 218 valence electrons. The van der Waals surface area contributed by atoms with E-state index in [9.17, 15) is 32.8 Å². The Morgan fingerprint density at radius 1 is 1.20 bits per heavy atom. The number of aromatic nitrogens is 1. The predicted octanol–water partition coefficient (Wildman–Crippen LogP) is 1.28. The van der Waals surface area contributed by atoms with E-state index in [1.54, 1.807) is 4.90 Å². The van der Waals surface area contributed by atoms with E-state index in [1.807, 2.05) is 0 Å². The molecule has 0 saturated carbocycles. The molecule has 41 heavy (non-hydrogen) atoms. The topological polar surface area (TPSA) is 157 Å². The van der Waals surface area contributed by atoms with E-state index in [0.717, 1.165) is 38.4 Å². The van der Waals surface area contributed by atoms with Crippen molar-refractivity contribution >= 4 is 23.9 Å². The monoisotopic (exact) mass is 576 g/mol. The second-order valence-corrected chi connectivity index (χ2v) is 9.85. The van der Waals surface area contributed by atoms with Gasteiger partial charge in [-0.25, -0.2) is 18.4 Å². The molecule has 2 aromatic rings. The molecule has 1 aromatic carbocycles. The predicted molar refractivity (Wildman–Crippen MR) is 133 cm³/mol. The smallest absolute Gasteiger partial charge is 0.479 e. The largest absolute Gasteiger partial charge is 0.512 e. The number of hydrogen-bond acceptors (Lipinski definition) is 9. The van der Waals surface area contributed by atoms with Crippen LogP contribution in [-0.4, -0.2) is 81.6 Å². The molecule has 1 unspecified atom stereocenters. The van der Waals surface area contributed by atoms with Crippen LogP contribution in [-0.2, 0) is 27.4 Å². The summed E-state index contributed by atoms with van der Waals surface area (Å²) >= 11 is 0. The lowest BCUT2D eigenvalue weighted by molar-refractivity contribution is -0.147. The average molecular weight is 577 g/mol. The number of carboxylic acids is 1. The van der Waals surface area contributed by atoms with Gasteiger partial charge in [0.15, 0.2) is 11.8 Å². The number of halogens is 2. The number of pyridine rings is 1. The fraction of sp³-hybridized carbons (Fsp3) is 0.423. The molecule has 2 N–H and O–H groups in total. The van der Waals surface area contributed by atoms with Crippen LogP contribution in [0.2, 0.25) is 0 Å². The molecule has 2 fully saturated rings. The fourth-order valence-corrected chi connectivity index (χ4v) is 5.31. The Hall–Kier alpha value is -4.53. The second kappa shape index (κ2) is 11.2. The lowest BCUT2D eigenvalue weighted by Crippen LogP contribution is -2.50. The number of hydrogen-bond donors (Lipinski definition) is 2. The van der Waals surface area contributed by atoms with E-state index in [1.165, 1.54) is 10.8 Å². The molecule has 0 radical (unpaired) electrons. The summed E-state index contributed by atoms with van der Waals surface area (Å²) in [5.74, 6) is -5.06. The number of nitrogens with zero attached hydrogens (tertiary/aromatic N) is 3. The maximum atomic E-state index is 14.1. The van der Waals surface area contributed by atoms with Crippen molar-refractivity contribution in [1.82, 2.24) is 19.7 Å². The maximum Gasteiger partial charge on any atom is 0.512 e. The highest BCUT2D eigenvalue weighted by atomic mass is 19.1. The fourth-order valence-electron chi connectivity index (χ4n) is 5.31. The minimum Gasteiger partial charge on any atom is -0.479 e. The Balaban J connectivity index is 1.42. The third-order valence-corrected chi connectivity index (χ3v) is 7.33. The second-order valence-electron chi connectivity index (χ2n) is 9.85. The molecule has 0 aliphatic carbocycles. The summed E-state index contributed by atoms with van der Waals surface area (Å²) in [6.45, 7) is 1.29. The summed E-state index contributed by atoms with van der Waals surface area (Å²) < 4.78 is 43.4. The van der Waals surface area contributed by atoms with Gasteiger partial charge in [0.25, 0.3) is 11.8 Å². The summed E-state index contributed by atoms with van der Waals surface area (Å²) in [7, 11) is 0. The van der Waals surface area contributed by atoms with Crippen molar-refractivity contribution in [2.45, 2.75) is 51.2 Å². The molecule has 0 spiro atoms. The van der Waals surface area contributed by atoms with E-state index in [0.29, 0.717) is 12.6 Å². The molecular formula is C26H26F2N4O9. The molecule has 1 aromatic heterocycles. The van der Waals surface area contributed by atoms with Gasteiger partial charge in [0.05, 0.1) is 6.54 Å². The molecule has 2 saturated heterocycles. The first-order valence-electron chi connectivity index (χ1n) is 12.8. The number of nitrogens with one attached hydrogen (secondary N) is 1. The molecule has 2 amide bonds. The van der Waals surface area contributed by atoms with E-state index in [-0.39, 0.29) is 36.6 Å². The minimum atomic E-state index is -1.51. The SMILES string of the molecule is CC(OC(=O)OCOc1c2n(cc(C(=O)NCc3ccc(F)cc3F)c1=O)C[C@@H]1N(C[C@H]3CCCN31)C2=O)C(=O)O. The van der Waals surface area contributed by atoms with Crippen LogP contribution in [0.15, 0.2) is 29.2 Å². The van der Waals surface area contributed by atoms with Crippen LogP contribution in [0.25, 0.3) is 0 Å². The number of carbonyl (C=O) groups is 4. The standard InChI is InChI=1S/C26H26F2N4O9/c1-13(25(36)37)41-26(38)40-12-39-22-20-24(35)32-9-16-3-2-6-31(16)19(32)11-30(20)10-17(21(22)33)23(34)29-8-14-4-5-15(27)7-18(14)28/h4-5,7,10,13,16,19H,2-3,6,8-9,11-12H2,1H3,(H,29,34)(H,36,37)/t13?,16-,19+/m1/s1. The van der Waals surface area contributed by atoms with Gasteiger partial charge in [-0.2, -0.15) is 0 Å². The Morgan fingerprint density at radius 2 is 1.98 bits per heavy atom. The van der Waals surface area contributed by atoms with Gasteiger partial charge in [-0.3, -0.25) is 19.3 Å². The van der Waals surface area contributed by atoms with Crippen molar-refractivity contribution in [2.24, 2.45) is 0 Å². The third-order valence-electron chi connectivity index (χ3n) is 7.33. The zero-order valence-electron chi connectivity index (χ0n) is 21.8. The van der Waals surface area contributed by atoms with Gasteiger partial charge < -0.3 is 34.1 Å². The first-order valence-corrected chi connectivity index (χ1v) is 12.8. The van der Waals surface area contributed by atoms with Gasteiger partial charge in [0.1, 0.15) is 23.4 Å². The number of fused-ring (bicyclic) bond motifs is 4. The molecule has 0 bridgehead atoms. The lowest BCUT2D eigenvalue weighted by atomic mass is 10.1. The minimum absolute atomic E-state index is 0.0198. The zero-order chi connectivity index (χ0) is 29.4. The summed E-state index contributed by atoms with van der Waals surface area (Å²) in [5, 5.41) is 11.3. The Labute approximate surface area is 231 Å². The number of carbonyl (C=O) groups excluding carboxylic acids is 3. The van der Waals surface area contributed by atoms with Crippen LogP contribution in [0.4, 0.5) is 13.6 Å². The molecular weight excluding hydrogens is 550 g/mol. The Bertz CT molecular complexity index is 1480. The number of carboxylic acid groups (broad SMARTS) is 1. The highest BCUT2D eigenvalue weighted by Gasteiger charge is 2.48. The normalized spacial score (nSPS) is 20.1.